The topological polar surface area (TPSA) is 56.0 Å². The summed E-state index contributed by atoms with van der Waals surface area (Å²) in [5.74, 6) is 0.838. The van der Waals surface area contributed by atoms with Crippen LogP contribution in [-0.4, -0.2) is 17.7 Å². The van der Waals surface area contributed by atoms with Gasteiger partial charge in [-0.3, -0.25) is 0 Å². The number of hydrogen-bond acceptors (Lipinski definition) is 3. The molecule has 1 fully saturated rings. The van der Waals surface area contributed by atoms with Crippen molar-refractivity contribution in [1.29, 1.82) is 5.26 Å². The lowest BCUT2D eigenvalue weighted by Gasteiger charge is -2.19. The summed E-state index contributed by atoms with van der Waals surface area (Å²) in [4.78, 5) is 0. The lowest BCUT2D eigenvalue weighted by Crippen LogP contribution is -2.32. The number of rotatable bonds is 4. The summed E-state index contributed by atoms with van der Waals surface area (Å²) in [6.45, 7) is 2.92. The number of aliphatic hydroxyl groups is 1. The van der Waals surface area contributed by atoms with Crippen LogP contribution < -0.4 is 5.32 Å². The first kappa shape index (κ1) is 15.0. The predicted molar refractivity (Wildman–Crippen MR) is 80.2 cm³/mol. The Morgan fingerprint density at radius 1 is 1.25 bits per heavy atom. The number of nitrogens with one attached hydrogen (secondary N) is 1. The average Bonchev–Trinajstić information content (AvgIpc) is 2.69. The van der Waals surface area contributed by atoms with Crippen molar-refractivity contribution >= 4 is 0 Å². The van der Waals surface area contributed by atoms with E-state index in [9.17, 15) is 5.11 Å². The van der Waals surface area contributed by atoms with Gasteiger partial charge in [-0.15, -0.1) is 0 Å². The van der Waals surface area contributed by atoms with Crippen LogP contribution >= 0.6 is 0 Å². The number of benzene rings is 1. The quantitative estimate of drug-likeness (QED) is 0.828. The first-order valence-corrected chi connectivity index (χ1v) is 7.60. The van der Waals surface area contributed by atoms with Crippen molar-refractivity contribution in [3.63, 3.8) is 0 Å². The molecule has 0 amide bonds. The summed E-state index contributed by atoms with van der Waals surface area (Å²) in [5.41, 5.74) is 1.50. The van der Waals surface area contributed by atoms with Gasteiger partial charge in [-0.1, -0.05) is 31.9 Å². The minimum absolute atomic E-state index is 0.497. The van der Waals surface area contributed by atoms with E-state index in [2.05, 4.69) is 18.3 Å². The summed E-state index contributed by atoms with van der Waals surface area (Å²) in [6, 6.07) is 9.80. The van der Waals surface area contributed by atoms with Gasteiger partial charge >= 0.3 is 0 Å². The number of aliphatic hydroxyl groups excluding tert-OH is 1. The van der Waals surface area contributed by atoms with E-state index in [4.69, 9.17) is 5.26 Å². The molecule has 108 valence electrons. The molecule has 2 rings (SSSR count). The van der Waals surface area contributed by atoms with Crippen LogP contribution in [0.15, 0.2) is 24.3 Å². The van der Waals surface area contributed by atoms with Crippen molar-refractivity contribution in [2.45, 2.75) is 51.2 Å². The summed E-state index contributed by atoms with van der Waals surface area (Å²) >= 11 is 0. The van der Waals surface area contributed by atoms with E-state index in [0.717, 1.165) is 11.5 Å². The van der Waals surface area contributed by atoms with Gasteiger partial charge in [0.05, 0.1) is 17.7 Å². The van der Waals surface area contributed by atoms with Crippen molar-refractivity contribution in [3.05, 3.63) is 35.4 Å². The molecule has 0 aliphatic heterocycles. The summed E-state index contributed by atoms with van der Waals surface area (Å²) < 4.78 is 0. The molecule has 0 heterocycles. The van der Waals surface area contributed by atoms with Gasteiger partial charge in [-0.05, 0) is 42.9 Å². The number of nitrogens with zero attached hydrogens (tertiary/aromatic N) is 1. The Labute approximate surface area is 121 Å². The molecule has 3 nitrogen and oxygen atoms in total. The van der Waals surface area contributed by atoms with Gasteiger partial charge in [0.25, 0.3) is 0 Å². The highest BCUT2D eigenvalue weighted by atomic mass is 16.3. The van der Waals surface area contributed by atoms with Crippen molar-refractivity contribution in [3.8, 4) is 6.07 Å². The van der Waals surface area contributed by atoms with Crippen molar-refractivity contribution in [2.24, 2.45) is 5.92 Å². The Morgan fingerprint density at radius 2 is 2.00 bits per heavy atom. The second-order valence-electron chi connectivity index (χ2n) is 5.97. The van der Waals surface area contributed by atoms with E-state index < -0.39 is 6.10 Å². The Kier molecular flexibility index (Phi) is 5.58. The fraction of sp³-hybridized carbons (Fsp3) is 0.588. The molecule has 0 bridgehead atoms. The molecule has 3 unspecified atom stereocenters. The molecular formula is C17H24N2O. The number of hydrogen-bond donors (Lipinski definition) is 2. The smallest absolute Gasteiger partial charge is 0.0991 e. The Bertz CT molecular complexity index is 449. The second kappa shape index (κ2) is 7.42. The Morgan fingerprint density at radius 3 is 2.70 bits per heavy atom. The van der Waals surface area contributed by atoms with Crippen molar-refractivity contribution in [1.82, 2.24) is 5.32 Å². The molecule has 2 N–H and O–H groups in total. The van der Waals surface area contributed by atoms with E-state index in [1.165, 1.54) is 32.1 Å². The molecule has 1 saturated carbocycles. The van der Waals surface area contributed by atoms with Gasteiger partial charge in [-0.25, -0.2) is 0 Å². The normalized spacial score (nSPS) is 24.6. The fourth-order valence-electron chi connectivity index (χ4n) is 2.87. The molecule has 3 heteroatoms. The Hall–Kier alpha value is -1.37. The van der Waals surface area contributed by atoms with Crippen LogP contribution in [0.4, 0.5) is 0 Å². The minimum Gasteiger partial charge on any atom is -0.387 e. The highest BCUT2D eigenvalue weighted by Gasteiger charge is 2.17. The minimum atomic E-state index is -0.497. The van der Waals surface area contributed by atoms with Gasteiger partial charge in [0.15, 0.2) is 0 Å². The van der Waals surface area contributed by atoms with Gasteiger partial charge in [0.2, 0.25) is 0 Å². The monoisotopic (exact) mass is 272 g/mol. The molecule has 0 spiro atoms. The maximum Gasteiger partial charge on any atom is 0.0991 e. The zero-order chi connectivity index (χ0) is 14.4. The third kappa shape index (κ3) is 4.33. The zero-order valence-electron chi connectivity index (χ0n) is 12.2. The van der Waals surface area contributed by atoms with Gasteiger partial charge in [0.1, 0.15) is 0 Å². The van der Waals surface area contributed by atoms with Gasteiger partial charge < -0.3 is 10.4 Å². The molecule has 1 aliphatic carbocycles. The summed E-state index contributed by atoms with van der Waals surface area (Å²) in [7, 11) is 0. The lowest BCUT2D eigenvalue weighted by atomic mass is 10.0. The lowest BCUT2D eigenvalue weighted by molar-refractivity contribution is 0.168. The molecule has 1 aliphatic rings. The molecule has 0 saturated heterocycles. The summed E-state index contributed by atoms with van der Waals surface area (Å²) in [6.07, 6.45) is 5.82. The molecule has 0 aromatic heterocycles. The van der Waals surface area contributed by atoms with Crippen LogP contribution in [0.5, 0.6) is 0 Å². The predicted octanol–water partition coefficient (Wildman–Crippen LogP) is 3.15. The van der Waals surface area contributed by atoms with E-state index >= 15 is 0 Å². The molecule has 20 heavy (non-hydrogen) atoms. The molecule has 0 radical (unpaired) electrons. The zero-order valence-corrected chi connectivity index (χ0v) is 12.2. The van der Waals surface area contributed by atoms with Gasteiger partial charge in [0, 0.05) is 12.6 Å². The molecule has 3 atom stereocenters. The van der Waals surface area contributed by atoms with Crippen molar-refractivity contribution in [2.75, 3.05) is 6.54 Å². The van der Waals surface area contributed by atoms with E-state index in [0.29, 0.717) is 18.2 Å². The van der Waals surface area contributed by atoms with Crippen molar-refractivity contribution < 1.29 is 5.11 Å². The summed E-state index contributed by atoms with van der Waals surface area (Å²) in [5, 5.41) is 22.4. The Balaban J connectivity index is 1.82. The van der Waals surface area contributed by atoms with Crippen LogP contribution in [0, 0.1) is 17.2 Å². The van der Waals surface area contributed by atoms with Crippen LogP contribution in [-0.2, 0) is 0 Å². The molecule has 1 aromatic rings. The molecular weight excluding hydrogens is 248 g/mol. The van der Waals surface area contributed by atoms with Crippen LogP contribution in [0.2, 0.25) is 0 Å². The van der Waals surface area contributed by atoms with Crippen LogP contribution in [0.1, 0.15) is 56.3 Å². The standard InChI is InChI=1S/C17H24N2O/c1-13-3-2-4-16(10-5-13)19-12-17(20)15-8-6-14(11-18)7-9-15/h6-9,13,16-17,19-20H,2-5,10,12H2,1H3. The van der Waals surface area contributed by atoms with Crippen LogP contribution in [0.3, 0.4) is 0 Å². The second-order valence-corrected chi connectivity index (χ2v) is 5.97. The highest BCUT2D eigenvalue weighted by molar-refractivity contribution is 5.32. The maximum atomic E-state index is 10.2. The highest BCUT2D eigenvalue weighted by Crippen LogP contribution is 2.23. The van der Waals surface area contributed by atoms with Crippen LogP contribution in [0.25, 0.3) is 0 Å². The molecule has 1 aromatic carbocycles. The maximum absolute atomic E-state index is 10.2. The first-order valence-electron chi connectivity index (χ1n) is 7.60. The largest absolute Gasteiger partial charge is 0.387 e. The fourth-order valence-corrected chi connectivity index (χ4v) is 2.87. The SMILES string of the molecule is CC1CCCC(NCC(O)c2ccc(C#N)cc2)CC1. The third-order valence-electron chi connectivity index (χ3n) is 4.28. The van der Waals surface area contributed by atoms with E-state index in [1.807, 2.05) is 12.1 Å². The average molecular weight is 272 g/mol. The number of nitriles is 1. The first-order chi connectivity index (χ1) is 9.69. The third-order valence-corrected chi connectivity index (χ3v) is 4.28. The van der Waals surface area contributed by atoms with E-state index in [-0.39, 0.29) is 0 Å². The van der Waals surface area contributed by atoms with E-state index in [1.54, 1.807) is 12.1 Å². The van der Waals surface area contributed by atoms with Gasteiger partial charge in [-0.2, -0.15) is 5.26 Å².